The first-order valence-electron chi connectivity index (χ1n) is 1.33. The third-order valence-electron chi connectivity index (χ3n) is 0.340. The summed E-state index contributed by atoms with van der Waals surface area (Å²) in [5, 5.41) is 3.13. The number of amides is 1. The van der Waals surface area contributed by atoms with Gasteiger partial charge in [0.2, 0.25) is 0 Å². The number of nitrogens with zero attached hydrogens (tertiary/aromatic N) is 2. The smallest absolute Gasteiger partial charge is 0.269 e. The molecule has 1 heterocycles. The minimum atomic E-state index is -0.250. The van der Waals surface area contributed by atoms with E-state index in [1.807, 2.05) is 0 Å². The van der Waals surface area contributed by atoms with Crippen molar-refractivity contribution in [2.45, 2.75) is 0 Å². The van der Waals surface area contributed by atoms with Gasteiger partial charge in [0.05, 0.1) is 0 Å². The SMILES string of the molecule is O=C1[CH]SN=N1. The molecule has 1 aliphatic heterocycles. The van der Waals surface area contributed by atoms with E-state index in [1.54, 1.807) is 0 Å². The Morgan fingerprint density at radius 1 is 1.83 bits per heavy atom. The molecule has 0 fully saturated rings. The number of hydrogen-bond donors (Lipinski definition) is 0. The molecule has 0 aliphatic carbocycles. The van der Waals surface area contributed by atoms with Crippen molar-refractivity contribution in [3.8, 4) is 0 Å². The second-order valence-electron chi connectivity index (χ2n) is 0.743. The Morgan fingerprint density at radius 2 is 2.67 bits per heavy atom. The predicted molar refractivity (Wildman–Crippen MR) is 21.8 cm³/mol. The molecule has 1 rings (SSSR count). The standard InChI is InChI=1S/C2HN2OS/c5-2-1-6-4-3-2/h1H. The van der Waals surface area contributed by atoms with Crippen molar-refractivity contribution in [1.29, 1.82) is 0 Å². The quantitative estimate of drug-likeness (QED) is 0.423. The first-order valence-corrected chi connectivity index (χ1v) is 2.17. The molecule has 0 aromatic heterocycles. The highest BCUT2D eigenvalue weighted by atomic mass is 32.2. The highest BCUT2D eigenvalue weighted by Gasteiger charge is 2.04. The van der Waals surface area contributed by atoms with Crippen LogP contribution < -0.4 is 0 Å². The molecule has 0 saturated carbocycles. The van der Waals surface area contributed by atoms with Crippen LogP contribution in [0.3, 0.4) is 0 Å². The Kier molecular flexibility index (Phi) is 0.874. The van der Waals surface area contributed by atoms with E-state index in [9.17, 15) is 4.79 Å². The molecular weight excluding hydrogens is 100 g/mol. The van der Waals surface area contributed by atoms with Crippen molar-refractivity contribution >= 4 is 17.9 Å². The number of carbonyl (C=O) groups is 1. The van der Waals surface area contributed by atoms with Gasteiger partial charge in [0.1, 0.15) is 5.75 Å². The summed E-state index contributed by atoms with van der Waals surface area (Å²) >= 11 is 1.07. The fourth-order valence-corrected chi connectivity index (χ4v) is 0.468. The molecule has 1 amide bonds. The van der Waals surface area contributed by atoms with Gasteiger partial charge in [-0.15, -0.1) is 9.63 Å². The topological polar surface area (TPSA) is 41.8 Å². The maximum absolute atomic E-state index is 9.91. The van der Waals surface area contributed by atoms with Gasteiger partial charge in [0, 0.05) is 11.9 Å². The van der Waals surface area contributed by atoms with Crippen LogP contribution in [0.4, 0.5) is 0 Å². The maximum Gasteiger partial charge on any atom is 0.281 e. The number of carbonyl (C=O) groups excluding carboxylic acids is 1. The lowest BCUT2D eigenvalue weighted by atomic mass is 10.8. The molecule has 3 nitrogen and oxygen atoms in total. The molecule has 31 valence electrons. The van der Waals surface area contributed by atoms with Crippen LogP contribution in [0.15, 0.2) is 9.63 Å². The molecule has 0 atom stereocenters. The van der Waals surface area contributed by atoms with Gasteiger partial charge in [-0.3, -0.25) is 4.79 Å². The average Bonchev–Trinajstić information content (AvgIpc) is 1.86. The Bertz CT molecular complexity index is 99.7. The van der Waals surface area contributed by atoms with Gasteiger partial charge in [-0.1, -0.05) is 0 Å². The van der Waals surface area contributed by atoms with Crippen molar-refractivity contribution in [3.63, 3.8) is 0 Å². The second kappa shape index (κ2) is 1.38. The summed E-state index contributed by atoms with van der Waals surface area (Å²) in [6, 6.07) is 0. The van der Waals surface area contributed by atoms with Gasteiger partial charge in [-0.05, 0) is 0 Å². The summed E-state index contributed by atoms with van der Waals surface area (Å²) in [7, 11) is 0. The molecule has 1 radical (unpaired) electrons. The van der Waals surface area contributed by atoms with E-state index < -0.39 is 0 Å². The van der Waals surface area contributed by atoms with E-state index >= 15 is 0 Å². The van der Waals surface area contributed by atoms with Crippen molar-refractivity contribution in [2.24, 2.45) is 9.63 Å². The third-order valence-corrected chi connectivity index (χ3v) is 0.823. The van der Waals surface area contributed by atoms with Crippen molar-refractivity contribution in [2.75, 3.05) is 0 Å². The fourth-order valence-electron chi connectivity index (χ4n) is 0.156. The van der Waals surface area contributed by atoms with Gasteiger partial charge in [0.15, 0.2) is 0 Å². The van der Waals surface area contributed by atoms with Crippen LogP contribution in [0.5, 0.6) is 0 Å². The van der Waals surface area contributed by atoms with Crippen molar-refractivity contribution in [3.05, 3.63) is 5.75 Å². The highest BCUT2D eigenvalue weighted by molar-refractivity contribution is 8.01. The molecule has 0 aromatic carbocycles. The van der Waals surface area contributed by atoms with Crippen LogP contribution in [-0.4, -0.2) is 5.91 Å². The van der Waals surface area contributed by atoms with Crippen molar-refractivity contribution < 1.29 is 4.79 Å². The lowest BCUT2D eigenvalue weighted by Crippen LogP contribution is -1.78. The largest absolute Gasteiger partial charge is 0.281 e. The molecule has 0 aromatic rings. The fraction of sp³-hybridized carbons (Fsp3) is 0. The lowest BCUT2D eigenvalue weighted by molar-refractivity contribution is -0.114. The molecule has 1 aliphatic rings. The van der Waals surface area contributed by atoms with E-state index in [2.05, 4.69) is 9.63 Å². The van der Waals surface area contributed by atoms with E-state index in [0.717, 1.165) is 11.9 Å². The highest BCUT2D eigenvalue weighted by Crippen LogP contribution is 2.15. The van der Waals surface area contributed by atoms with Crippen LogP contribution >= 0.6 is 11.9 Å². The zero-order valence-corrected chi connectivity index (χ0v) is 3.60. The molecular formula is C2HN2OS. The van der Waals surface area contributed by atoms with Gasteiger partial charge < -0.3 is 0 Å². The Hall–Kier alpha value is -0.380. The monoisotopic (exact) mass is 101 g/mol. The normalized spacial score (nSPS) is 19.7. The Morgan fingerprint density at radius 3 is 2.83 bits per heavy atom. The molecule has 4 heteroatoms. The first kappa shape index (κ1) is 3.80. The van der Waals surface area contributed by atoms with Crippen LogP contribution in [0, 0.1) is 5.75 Å². The van der Waals surface area contributed by atoms with E-state index in [0.29, 0.717) is 0 Å². The molecule has 0 bridgehead atoms. The van der Waals surface area contributed by atoms with E-state index in [-0.39, 0.29) is 5.91 Å². The van der Waals surface area contributed by atoms with E-state index in [4.69, 9.17) is 0 Å². The summed E-state index contributed by atoms with van der Waals surface area (Å²) in [5.74, 6) is 1.10. The van der Waals surface area contributed by atoms with Crippen LogP contribution in [0.25, 0.3) is 0 Å². The Balaban J connectivity index is 2.59. The molecule has 0 spiro atoms. The molecule has 6 heavy (non-hydrogen) atoms. The van der Waals surface area contributed by atoms with E-state index in [1.165, 1.54) is 5.75 Å². The Labute approximate surface area is 39.0 Å². The van der Waals surface area contributed by atoms with Crippen LogP contribution in [0.2, 0.25) is 0 Å². The minimum Gasteiger partial charge on any atom is -0.269 e. The molecule has 0 unspecified atom stereocenters. The zero-order valence-electron chi connectivity index (χ0n) is 2.79. The minimum absolute atomic E-state index is 0.250. The first-order chi connectivity index (χ1) is 2.89. The van der Waals surface area contributed by atoms with Crippen molar-refractivity contribution in [1.82, 2.24) is 0 Å². The summed E-state index contributed by atoms with van der Waals surface area (Å²) < 4.78 is 3.30. The van der Waals surface area contributed by atoms with Crippen LogP contribution in [-0.2, 0) is 4.79 Å². The van der Waals surface area contributed by atoms with Gasteiger partial charge in [-0.2, -0.15) is 0 Å². The summed E-state index contributed by atoms with van der Waals surface area (Å²) in [6.07, 6.45) is 0. The summed E-state index contributed by atoms with van der Waals surface area (Å²) in [5.41, 5.74) is 0. The van der Waals surface area contributed by atoms with Crippen LogP contribution in [0.1, 0.15) is 0 Å². The molecule has 0 saturated heterocycles. The van der Waals surface area contributed by atoms with Gasteiger partial charge in [-0.25, -0.2) is 0 Å². The molecule has 0 N–H and O–H groups in total. The average molecular weight is 101 g/mol. The third kappa shape index (κ3) is 0.567. The van der Waals surface area contributed by atoms with Gasteiger partial charge in [0.25, 0.3) is 5.91 Å². The summed E-state index contributed by atoms with van der Waals surface area (Å²) in [6.45, 7) is 0. The van der Waals surface area contributed by atoms with Gasteiger partial charge >= 0.3 is 0 Å². The number of rotatable bonds is 0. The lowest BCUT2D eigenvalue weighted by Gasteiger charge is -1.63. The summed E-state index contributed by atoms with van der Waals surface area (Å²) in [4.78, 5) is 9.91. The zero-order chi connectivity index (χ0) is 4.41. The predicted octanol–water partition coefficient (Wildman–Crippen LogP) is 0.789. The number of hydrogen-bond acceptors (Lipinski definition) is 3. The maximum atomic E-state index is 9.91. The second-order valence-corrected chi connectivity index (χ2v) is 1.35.